The summed E-state index contributed by atoms with van der Waals surface area (Å²) >= 11 is 0. The monoisotopic (exact) mass is 235 g/mol. The molecule has 0 aliphatic heterocycles. The van der Waals surface area contributed by atoms with Gasteiger partial charge in [-0.3, -0.25) is 0 Å². The minimum absolute atomic E-state index is 0.611. The molecular weight excluding hydrogens is 210 g/mol. The fraction of sp³-hybridized carbons (Fsp3) is 0.600. The molecule has 1 N–H and O–H groups in total. The van der Waals surface area contributed by atoms with Gasteiger partial charge in [0.15, 0.2) is 0 Å². The fourth-order valence-electron chi connectivity index (χ4n) is 1.98. The van der Waals surface area contributed by atoms with Crippen molar-refractivity contribution in [1.29, 1.82) is 0 Å². The van der Waals surface area contributed by atoms with Crippen molar-refractivity contribution < 1.29 is 4.74 Å². The fourth-order valence-corrected chi connectivity index (χ4v) is 1.98. The molecule has 2 atom stereocenters. The molecule has 0 aliphatic carbocycles. The molecule has 0 aliphatic rings. The van der Waals surface area contributed by atoms with Gasteiger partial charge in [0.05, 0.1) is 6.61 Å². The van der Waals surface area contributed by atoms with E-state index in [0.29, 0.717) is 6.04 Å². The van der Waals surface area contributed by atoms with Crippen molar-refractivity contribution in [1.82, 2.24) is 5.32 Å². The maximum atomic E-state index is 5.67. The van der Waals surface area contributed by atoms with Crippen molar-refractivity contribution in [2.75, 3.05) is 13.7 Å². The molecule has 1 rings (SSSR count). The van der Waals surface area contributed by atoms with Crippen LogP contribution in [0.5, 0.6) is 5.75 Å². The van der Waals surface area contributed by atoms with Gasteiger partial charge in [-0.05, 0) is 51.3 Å². The topological polar surface area (TPSA) is 21.3 Å². The van der Waals surface area contributed by atoms with Crippen molar-refractivity contribution in [2.45, 2.75) is 39.2 Å². The molecule has 0 amide bonds. The number of benzene rings is 1. The first-order chi connectivity index (χ1) is 8.22. The van der Waals surface area contributed by atoms with Crippen LogP contribution in [-0.4, -0.2) is 19.7 Å². The molecule has 96 valence electrons. The zero-order valence-electron chi connectivity index (χ0n) is 11.3. The molecular formula is C15H25NO. The van der Waals surface area contributed by atoms with Crippen LogP contribution in [0, 0.1) is 5.92 Å². The van der Waals surface area contributed by atoms with Crippen LogP contribution in [0.3, 0.4) is 0 Å². The van der Waals surface area contributed by atoms with E-state index in [4.69, 9.17) is 4.74 Å². The van der Waals surface area contributed by atoms with Crippen LogP contribution in [-0.2, 0) is 0 Å². The lowest BCUT2D eigenvalue weighted by atomic mass is 9.98. The molecule has 0 fully saturated rings. The third kappa shape index (κ3) is 6.32. The van der Waals surface area contributed by atoms with Gasteiger partial charge in [0.1, 0.15) is 5.75 Å². The zero-order chi connectivity index (χ0) is 12.5. The van der Waals surface area contributed by atoms with Gasteiger partial charge in [0.25, 0.3) is 0 Å². The van der Waals surface area contributed by atoms with Crippen molar-refractivity contribution in [3.05, 3.63) is 30.3 Å². The van der Waals surface area contributed by atoms with E-state index in [1.807, 2.05) is 37.4 Å². The Hall–Kier alpha value is -1.02. The maximum Gasteiger partial charge on any atom is 0.119 e. The number of hydrogen-bond donors (Lipinski definition) is 1. The van der Waals surface area contributed by atoms with Crippen molar-refractivity contribution in [2.24, 2.45) is 5.92 Å². The van der Waals surface area contributed by atoms with Crippen LogP contribution in [0.2, 0.25) is 0 Å². The Bertz CT molecular complexity index is 286. The highest BCUT2D eigenvalue weighted by molar-refractivity contribution is 5.20. The summed E-state index contributed by atoms with van der Waals surface area (Å²) in [5, 5.41) is 3.28. The number of hydrogen-bond acceptors (Lipinski definition) is 2. The Kier molecular flexibility index (Phi) is 6.71. The number of para-hydroxylation sites is 1. The van der Waals surface area contributed by atoms with E-state index < -0.39 is 0 Å². The van der Waals surface area contributed by atoms with E-state index in [9.17, 15) is 0 Å². The molecule has 0 bridgehead atoms. The highest BCUT2D eigenvalue weighted by Crippen LogP contribution is 2.14. The molecule has 0 radical (unpaired) electrons. The molecule has 1 aromatic rings. The van der Waals surface area contributed by atoms with Gasteiger partial charge in [-0.2, -0.15) is 0 Å². The second-order valence-electron chi connectivity index (χ2n) is 4.83. The Morgan fingerprint density at radius 2 is 1.88 bits per heavy atom. The summed E-state index contributed by atoms with van der Waals surface area (Å²) < 4.78 is 5.67. The van der Waals surface area contributed by atoms with Gasteiger partial charge in [-0.1, -0.05) is 25.1 Å². The SMILES string of the molecule is CNC(C)CC(C)CCCOc1ccccc1. The van der Waals surface area contributed by atoms with Crippen LogP contribution in [0.1, 0.15) is 33.1 Å². The third-order valence-corrected chi connectivity index (χ3v) is 3.10. The van der Waals surface area contributed by atoms with E-state index >= 15 is 0 Å². The van der Waals surface area contributed by atoms with Gasteiger partial charge in [-0.25, -0.2) is 0 Å². The summed E-state index contributed by atoms with van der Waals surface area (Å²) in [5.41, 5.74) is 0. The van der Waals surface area contributed by atoms with Crippen LogP contribution in [0.15, 0.2) is 30.3 Å². The highest BCUT2D eigenvalue weighted by atomic mass is 16.5. The molecule has 2 heteroatoms. The predicted molar refractivity (Wildman–Crippen MR) is 73.5 cm³/mol. The van der Waals surface area contributed by atoms with E-state index in [0.717, 1.165) is 24.7 Å². The molecule has 0 spiro atoms. The quantitative estimate of drug-likeness (QED) is 0.697. The zero-order valence-corrected chi connectivity index (χ0v) is 11.3. The van der Waals surface area contributed by atoms with Crippen molar-refractivity contribution >= 4 is 0 Å². The summed E-state index contributed by atoms with van der Waals surface area (Å²) in [6.07, 6.45) is 3.60. The Labute approximate surface area is 105 Å². The van der Waals surface area contributed by atoms with E-state index in [1.54, 1.807) is 0 Å². The van der Waals surface area contributed by atoms with Crippen LogP contribution >= 0.6 is 0 Å². The first kappa shape index (κ1) is 14.0. The summed E-state index contributed by atoms with van der Waals surface area (Å²) in [5.74, 6) is 1.74. The largest absolute Gasteiger partial charge is 0.494 e. The first-order valence-electron chi connectivity index (χ1n) is 6.57. The molecule has 2 unspecified atom stereocenters. The summed E-state index contributed by atoms with van der Waals surface area (Å²) in [7, 11) is 2.02. The van der Waals surface area contributed by atoms with Crippen molar-refractivity contribution in [3.8, 4) is 5.75 Å². The van der Waals surface area contributed by atoms with Crippen LogP contribution in [0.4, 0.5) is 0 Å². The Morgan fingerprint density at radius 1 is 1.18 bits per heavy atom. The molecule has 17 heavy (non-hydrogen) atoms. The summed E-state index contributed by atoms with van der Waals surface area (Å²) in [4.78, 5) is 0. The van der Waals surface area contributed by atoms with Gasteiger partial charge >= 0.3 is 0 Å². The lowest BCUT2D eigenvalue weighted by Crippen LogP contribution is -2.23. The first-order valence-corrected chi connectivity index (χ1v) is 6.57. The second kappa shape index (κ2) is 8.13. The number of ether oxygens (including phenoxy) is 1. The molecule has 2 nitrogen and oxygen atoms in total. The maximum absolute atomic E-state index is 5.67. The average Bonchev–Trinajstić information content (AvgIpc) is 2.36. The lowest BCUT2D eigenvalue weighted by molar-refractivity contribution is 0.288. The smallest absolute Gasteiger partial charge is 0.119 e. The highest BCUT2D eigenvalue weighted by Gasteiger charge is 2.06. The molecule has 0 saturated heterocycles. The van der Waals surface area contributed by atoms with E-state index in [2.05, 4.69) is 19.2 Å². The van der Waals surface area contributed by atoms with Crippen LogP contribution in [0.25, 0.3) is 0 Å². The molecule has 0 saturated carbocycles. The van der Waals surface area contributed by atoms with Crippen LogP contribution < -0.4 is 10.1 Å². The van der Waals surface area contributed by atoms with Gasteiger partial charge in [0.2, 0.25) is 0 Å². The second-order valence-corrected chi connectivity index (χ2v) is 4.83. The minimum Gasteiger partial charge on any atom is -0.494 e. The number of rotatable bonds is 8. The normalized spacial score (nSPS) is 14.3. The Balaban J connectivity index is 2.08. The standard InChI is InChI=1S/C15H25NO/c1-13(12-14(2)16-3)8-7-11-17-15-9-5-4-6-10-15/h4-6,9-10,13-14,16H,7-8,11-12H2,1-3H3. The predicted octanol–water partition coefficient (Wildman–Crippen LogP) is 3.48. The van der Waals surface area contributed by atoms with Gasteiger partial charge < -0.3 is 10.1 Å². The number of nitrogens with one attached hydrogen (secondary N) is 1. The van der Waals surface area contributed by atoms with E-state index in [-0.39, 0.29) is 0 Å². The van der Waals surface area contributed by atoms with E-state index in [1.165, 1.54) is 12.8 Å². The summed E-state index contributed by atoms with van der Waals surface area (Å²) in [6, 6.07) is 10.6. The average molecular weight is 235 g/mol. The van der Waals surface area contributed by atoms with Crippen molar-refractivity contribution in [3.63, 3.8) is 0 Å². The molecule has 1 aromatic carbocycles. The lowest BCUT2D eigenvalue weighted by Gasteiger charge is -2.16. The van der Waals surface area contributed by atoms with Gasteiger partial charge in [0, 0.05) is 6.04 Å². The Morgan fingerprint density at radius 3 is 2.53 bits per heavy atom. The molecule has 0 heterocycles. The van der Waals surface area contributed by atoms with Gasteiger partial charge in [-0.15, -0.1) is 0 Å². The third-order valence-electron chi connectivity index (χ3n) is 3.10. The molecule has 0 aromatic heterocycles. The minimum atomic E-state index is 0.611. The summed E-state index contributed by atoms with van der Waals surface area (Å²) in [6.45, 7) is 5.37.